The zero-order valence-corrected chi connectivity index (χ0v) is 17.4. The summed E-state index contributed by atoms with van der Waals surface area (Å²) in [6.07, 6.45) is 2.00. The molecule has 1 aliphatic heterocycles. The molecule has 0 spiro atoms. The van der Waals surface area contributed by atoms with Crippen molar-refractivity contribution < 1.29 is 4.79 Å². The van der Waals surface area contributed by atoms with Crippen molar-refractivity contribution in [2.24, 2.45) is 0 Å². The van der Waals surface area contributed by atoms with Gasteiger partial charge in [0.2, 0.25) is 0 Å². The molecule has 3 nitrogen and oxygen atoms in total. The standard InChI is InChI=1S/C23H21BrN2O/c1-13-9-18(10-14(2)22(13)24)26-15(3)11-17(16(26)4)12-20-19-7-5-6-8-21(19)25-23(20)27/h5-12H,1-4H3,(H,25,27)/b20-12+. The average Bonchev–Trinajstić information content (AvgIpc) is 3.09. The summed E-state index contributed by atoms with van der Waals surface area (Å²) in [4.78, 5) is 12.4. The number of benzene rings is 2. The number of carbonyl (C=O) groups is 1. The zero-order valence-electron chi connectivity index (χ0n) is 15.9. The molecule has 0 aliphatic carbocycles. The van der Waals surface area contributed by atoms with Crippen LogP contribution in [0.3, 0.4) is 0 Å². The number of nitrogens with one attached hydrogen (secondary N) is 1. The summed E-state index contributed by atoms with van der Waals surface area (Å²) >= 11 is 3.65. The van der Waals surface area contributed by atoms with E-state index >= 15 is 0 Å². The van der Waals surface area contributed by atoms with Crippen LogP contribution in [-0.4, -0.2) is 10.5 Å². The van der Waals surface area contributed by atoms with E-state index < -0.39 is 0 Å². The van der Waals surface area contributed by atoms with Crippen LogP contribution in [0.25, 0.3) is 17.3 Å². The van der Waals surface area contributed by atoms with Crippen LogP contribution in [0.15, 0.2) is 46.9 Å². The van der Waals surface area contributed by atoms with Crippen molar-refractivity contribution in [1.82, 2.24) is 4.57 Å². The van der Waals surface area contributed by atoms with Gasteiger partial charge in [-0.2, -0.15) is 0 Å². The van der Waals surface area contributed by atoms with Gasteiger partial charge in [0.05, 0.1) is 0 Å². The highest BCUT2D eigenvalue weighted by molar-refractivity contribution is 9.10. The molecule has 0 saturated heterocycles. The smallest absolute Gasteiger partial charge is 0.256 e. The number of aryl methyl sites for hydroxylation is 3. The van der Waals surface area contributed by atoms with E-state index in [0.717, 1.165) is 38.4 Å². The van der Waals surface area contributed by atoms with Gasteiger partial charge in [-0.05, 0) is 74.7 Å². The summed E-state index contributed by atoms with van der Waals surface area (Å²) in [5.74, 6) is -0.0451. The van der Waals surface area contributed by atoms with Crippen molar-refractivity contribution in [1.29, 1.82) is 0 Å². The van der Waals surface area contributed by atoms with E-state index in [1.54, 1.807) is 0 Å². The van der Waals surface area contributed by atoms with Crippen molar-refractivity contribution >= 4 is 39.2 Å². The Kier molecular flexibility index (Phi) is 4.31. The van der Waals surface area contributed by atoms with Gasteiger partial charge < -0.3 is 9.88 Å². The zero-order chi connectivity index (χ0) is 19.3. The Balaban J connectivity index is 1.84. The molecule has 1 aromatic heterocycles. The van der Waals surface area contributed by atoms with Crippen LogP contribution >= 0.6 is 15.9 Å². The first-order valence-corrected chi connectivity index (χ1v) is 9.74. The number of anilines is 1. The first-order chi connectivity index (χ1) is 12.9. The number of rotatable bonds is 2. The predicted octanol–water partition coefficient (Wildman–Crippen LogP) is 5.97. The van der Waals surface area contributed by atoms with Crippen LogP contribution in [0, 0.1) is 27.7 Å². The quantitative estimate of drug-likeness (QED) is 0.509. The monoisotopic (exact) mass is 420 g/mol. The largest absolute Gasteiger partial charge is 0.321 e. The van der Waals surface area contributed by atoms with Gasteiger partial charge in [-0.1, -0.05) is 34.1 Å². The number of carbonyl (C=O) groups excluding carboxylic acids is 1. The molecule has 136 valence electrons. The molecule has 3 aromatic rings. The van der Waals surface area contributed by atoms with Crippen molar-refractivity contribution in [3.05, 3.63) is 80.6 Å². The van der Waals surface area contributed by atoms with Crippen LogP contribution in [0.5, 0.6) is 0 Å². The van der Waals surface area contributed by atoms with Gasteiger partial charge in [-0.3, -0.25) is 4.79 Å². The maximum Gasteiger partial charge on any atom is 0.256 e. The molecule has 1 aliphatic rings. The van der Waals surface area contributed by atoms with Gasteiger partial charge in [0.15, 0.2) is 0 Å². The van der Waals surface area contributed by atoms with Gasteiger partial charge in [-0.25, -0.2) is 0 Å². The fourth-order valence-electron chi connectivity index (χ4n) is 3.82. The topological polar surface area (TPSA) is 34.0 Å². The molecule has 1 N–H and O–H groups in total. The van der Waals surface area contributed by atoms with E-state index in [2.05, 4.69) is 71.7 Å². The molecular weight excluding hydrogens is 400 g/mol. The van der Waals surface area contributed by atoms with E-state index in [4.69, 9.17) is 0 Å². The Hall–Kier alpha value is -2.59. The molecule has 0 radical (unpaired) electrons. The van der Waals surface area contributed by atoms with Gasteiger partial charge in [0.25, 0.3) is 5.91 Å². The first kappa shape index (κ1) is 17.8. The second-order valence-corrected chi connectivity index (χ2v) is 7.91. The van der Waals surface area contributed by atoms with Crippen molar-refractivity contribution in [2.45, 2.75) is 27.7 Å². The molecule has 4 rings (SSSR count). The van der Waals surface area contributed by atoms with Gasteiger partial charge in [-0.15, -0.1) is 0 Å². The molecule has 0 fully saturated rings. The van der Waals surface area contributed by atoms with E-state index in [1.807, 2.05) is 30.3 Å². The fourth-order valence-corrected chi connectivity index (χ4v) is 4.05. The van der Waals surface area contributed by atoms with Crippen molar-refractivity contribution in [3.8, 4) is 5.69 Å². The summed E-state index contributed by atoms with van der Waals surface area (Å²) in [5.41, 5.74) is 9.45. The molecule has 0 unspecified atom stereocenters. The highest BCUT2D eigenvalue weighted by Gasteiger charge is 2.24. The van der Waals surface area contributed by atoms with Gasteiger partial charge >= 0.3 is 0 Å². The van der Waals surface area contributed by atoms with Crippen LogP contribution in [-0.2, 0) is 4.79 Å². The third-order valence-corrected chi connectivity index (χ3v) is 6.41. The Morgan fingerprint density at radius 1 is 1.00 bits per heavy atom. The first-order valence-electron chi connectivity index (χ1n) is 8.95. The Bertz CT molecular complexity index is 1100. The summed E-state index contributed by atoms with van der Waals surface area (Å²) in [6.45, 7) is 8.42. The summed E-state index contributed by atoms with van der Waals surface area (Å²) < 4.78 is 3.40. The lowest BCUT2D eigenvalue weighted by molar-refractivity contribution is -0.110. The van der Waals surface area contributed by atoms with Crippen LogP contribution in [0.4, 0.5) is 5.69 Å². The minimum atomic E-state index is -0.0451. The molecule has 1 amide bonds. The van der Waals surface area contributed by atoms with E-state index in [1.165, 1.54) is 11.1 Å². The lowest BCUT2D eigenvalue weighted by atomic mass is 10.0. The molecular formula is C23H21BrN2O. The molecule has 0 bridgehead atoms. The van der Waals surface area contributed by atoms with Crippen LogP contribution < -0.4 is 5.32 Å². The van der Waals surface area contributed by atoms with E-state index in [0.29, 0.717) is 5.57 Å². The number of fused-ring (bicyclic) bond motifs is 1. The lowest BCUT2D eigenvalue weighted by Gasteiger charge is -2.13. The lowest BCUT2D eigenvalue weighted by Crippen LogP contribution is -2.04. The molecule has 2 aromatic carbocycles. The van der Waals surface area contributed by atoms with Crippen LogP contribution in [0.1, 0.15) is 33.6 Å². The number of aromatic nitrogens is 1. The fraction of sp³-hybridized carbons (Fsp3) is 0.174. The summed E-state index contributed by atoms with van der Waals surface area (Å²) in [7, 11) is 0. The summed E-state index contributed by atoms with van der Waals surface area (Å²) in [5, 5.41) is 2.94. The number of amides is 1. The van der Waals surface area contributed by atoms with E-state index in [9.17, 15) is 4.79 Å². The molecule has 27 heavy (non-hydrogen) atoms. The number of para-hydroxylation sites is 1. The third kappa shape index (κ3) is 2.94. The third-order valence-electron chi connectivity index (χ3n) is 5.16. The molecule has 0 atom stereocenters. The second kappa shape index (κ2) is 6.54. The van der Waals surface area contributed by atoms with Gasteiger partial charge in [0.1, 0.15) is 0 Å². The highest BCUT2D eigenvalue weighted by Crippen LogP contribution is 2.34. The molecule has 2 heterocycles. The molecule has 0 saturated carbocycles. The molecule has 4 heteroatoms. The Labute approximate surface area is 167 Å². The highest BCUT2D eigenvalue weighted by atomic mass is 79.9. The number of hydrogen-bond donors (Lipinski definition) is 1. The number of nitrogens with zero attached hydrogens (tertiary/aromatic N) is 1. The SMILES string of the molecule is Cc1cc(-n2c(C)cc(/C=C3/C(=O)Nc4ccccc43)c2C)cc(C)c1Br. The average molecular weight is 421 g/mol. The van der Waals surface area contributed by atoms with Crippen molar-refractivity contribution in [3.63, 3.8) is 0 Å². The normalized spacial score (nSPS) is 14.6. The maximum absolute atomic E-state index is 12.4. The summed E-state index contributed by atoms with van der Waals surface area (Å²) in [6, 6.07) is 14.3. The van der Waals surface area contributed by atoms with Crippen LogP contribution in [0.2, 0.25) is 0 Å². The minimum Gasteiger partial charge on any atom is -0.321 e. The number of halogens is 1. The minimum absolute atomic E-state index is 0.0451. The number of hydrogen-bond acceptors (Lipinski definition) is 1. The van der Waals surface area contributed by atoms with Gasteiger partial charge in [0, 0.05) is 38.4 Å². The maximum atomic E-state index is 12.4. The van der Waals surface area contributed by atoms with Crippen molar-refractivity contribution in [2.75, 3.05) is 5.32 Å². The Morgan fingerprint density at radius 3 is 2.37 bits per heavy atom. The predicted molar refractivity (Wildman–Crippen MR) is 115 cm³/mol. The Morgan fingerprint density at radius 2 is 1.67 bits per heavy atom. The van der Waals surface area contributed by atoms with E-state index in [-0.39, 0.29) is 5.91 Å². The second-order valence-electron chi connectivity index (χ2n) is 7.11.